The van der Waals surface area contributed by atoms with Crippen LogP contribution in [0.25, 0.3) is 0 Å². The van der Waals surface area contributed by atoms with Crippen LogP contribution in [0.4, 0.5) is 5.69 Å². The van der Waals surface area contributed by atoms with E-state index in [0.717, 1.165) is 19.9 Å². The van der Waals surface area contributed by atoms with Gasteiger partial charge >= 0.3 is 0 Å². The van der Waals surface area contributed by atoms with E-state index in [-0.39, 0.29) is 35.5 Å². The number of sulfonamides is 1. The molecule has 11 heteroatoms. The van der Waals surface area contributed by atoms with Crippen LogP contribution in [-0.4, -0.2) is 50.9 Å². The quantitative estimate of drug-likeness (QED) is 0.153. The zero-order valence-electron chi connectivity index (χ0n) is 25.9. The molecule has 0 spiro atoms. The second kappa shape index (κ2) is 16.1. The van der Waals surface area contributed by atoms with E-state index < -0.39 is 28.5 Å². The molecule has 1 N–H and O–H groups in total. The number of carbonyl (C=O) groups is 2. The average molecular weight is 727 g/mol. The van der Waals surface area contributed by atoms with E-state index in [1.54, 1.807) is 36.4 Å². The molecule has 0 aliphatic heterocycles. The molecule has 0 aliphatic carbocycles. The van der Waals surface area contributed by atoms with Crippen LogP contribution in [-0.2, 0) is 32.6 Å². The highest BCUT2D eigenvalue weighted by molar-refractivity contribution is 9.10. The number of hydrogen-bond donors (Lipinski definition) is 1. The van der Waals surface area contributed by atoms with Crippen molar-refractivity contribution >= 4 is 55.1 Å². The summed E-state index contributed by atoms with van der Waals surface area (Å²) in [5, 5.41) is 3.45. The molecule has 0 radical (unpaired) electrons. The van der Waals surface area contributed by atoms with E-state index in [1.807, 2.05) is 68.4 Å². The van der Waals surface area contributed by atoms with Gasteiger partial charge < -0.3 is 15.0 Å². The van der Waals surface area contributed by atoms with Crippen molar-refractivity contribution in [1.29, 1.82) is 0 Å². The molecule has 4 aromatic rings. The normalized spacial score (nSPS) is 12.5. The van der Waals surface area contributed by atoms with E-state index in [1.165, 1.54) is 24.1 Å². The fourth-order valence-electron chi connectivity index (χ4n) is 4.79. The summed E-state index contributed by atoms with van der Waals surface area (Å²) in [5.41, 5.74) is 1.89. The first-order chi connectivity index (χ1) is 22.0. The molecule has 2 atom stereocenters. The fourth-order valence-corrected chi connectivity index (χ4v) is 6.60. The lowest BCUT2D eigenvalue weighted by atomic mass is 10.0. The number of halogens is 2. The highest BCUT2D eigenvalue weighted by atomic mass is 79.9. The number of rotatable bonds is 14. The molecular formula is C35H37BrClN3O5S. The summed E-state index contributed by atoms with van der Waals surface area (Å²) in [6, 6.07) is 28.0. The van der Waals surface area contributed by atoms with Crippen molar-refractivity contribution in [3.63, 3.8) is 0 Å². The van der Waals surface area contributed by atoms with Gasteiger partial charge in [-0.3, -0.25) is 13.9 Å². The Bertz CT molecular complexity index is 1700. The summed E-state index contributed by atoms with van der Waals surface area (Å²) < 4.78 is 35.4. The van der Waals surface area contributed by atoms with Crippen LogP contribution in [0.15, 0.2) is 112 Å². The Kier molecular flexibility index (Phi) is 12.3. The zero-order valence-corrected chi connectivity index (χ0v) is 29.1. The van der Waals surface area contributed by atoms with Gasteiger partial charge in [0.05, 0.1) is 17.7 Å². The van der Waals surface area contributed by atoms with Gasteiger partial charge in [0.2, 0.25) is 11.8 Å². The van der Waals surface area contributed by atoms with E-state index in [9.17, 15) is 18.0 Å². The van der Waals surface area contributed by atoms with Gasteiger partial charge in [-0.2, -0.15) is 0 Å². The molecule has 0 saturated heterocycles. The molecule has 2 amide bonds. The van der Waals surface area contributed by atoms with Crippen molar-refractivity contribution in [1.82, 2.24) is 10.2 Å². The molecule has 0 aromatic heterocycles. The third kappa shape index (κ3) is 9.11. The summed E-state index contributed by atoms with van der Waals surface area (Å²) in [6.07, 6.45) is 0.937. The monoisotopic (exact) mass is 725 g/mol. The van der Waals surface area contributed by atoms with Crippen molar-refractivity contribution in [3.8, 4) is 5.75 Å². The second-order valence-electron chi connectivity index (χ2n) is 10.8. The van der Waals surface area contributed by atoms with Gasteiger partial charge in [0.15, 0.2) is 0 Å². The van der Waals surface area contributed by atoms with Crippen molar-refractivity contribution in [2.75, 3.05) is 18.0 Å². The van der Waals surface area contributed by atoms with Crippen molar-refractivity contribution in [3.05, 3.63) is 124 Å². The summed E-state index contributed by atoms with van der Waals surface area (Å²) in [5.74, 6) is -0.375. The van der Waals surface area contributed by atoms with Gasteiger partial charge in [-0.1, -0.05) is 76.9 Å². The van der Waals surface area contributed by atoms with Crippen LogP contribution in [0.5, 0.6) is 5.75 Å². The Morgan fingerprint density at radius 2 is 1.52 bits per heavy atom. The predicted molar refractivity (Wildman–Crippen MR) is 185 cm³/mol. The lowest BCUT2D eigenvalue weighted by molar-refractivity contribution is -0.140. The Morgan fingerprint density at radius 3 is 2.11 bits per heavy atom. The number of hydrogen-bond acceptors (Lipinski definition) is 5. The van der Waals surface area contributed by atoms with Gasteiger partial charge in [-0.05, 0) is 85.1 Å². The predicted octanol–water partition coefficient (Wildman–Crippen LogP) is 6.86. The molecule has 0 unspecified atom stereocenters. The number of ether oxygens (including phenoxy) is 1. The second-order valence-corrected chi connectivity index (χ2v) is 14.0. The van der Waals surface area contributed by atoms with Gasteiger partial charge in [0, 0.05) is 28.5 Å². The van der Waals surface area contributed by atoms with Gasteiger partial charge in [-0.15, -0.1) is 0 Å². The molecule has 242 valence electrons. The van der Waals surface area contributed by atoms with Crippen molar-refractivity contribution in [2.45, 2.75) is 50.2 Å². The standard InChI is InChI=1S/C35H37BrClN3O5S/c1-4-25(2)38-35(42)33(22-26-8-6-5-7-9-26)39(23-27-10-12-28(36)13-11-27)34(41)24-40(30-16-14-29(37)15-17-30)46(43,44)32-20-18-31(45-3)19-21-32/h5-21,25,33H,4,22-24H2,1-3H3,(H,38,42)/t25-,33-/m1/s1. The molecule has 4 rings (SSSR count). The molecule has 46 heavy (non-hydrogen) atoms. The van der Waals surface area contributed by atoms with Crippen molar-refractivity contribution < 1.29 is 22.7 Å². The highest BCUT2D eigenvalue weighted by Crippen LogP contribution is 2.27. The molecular weight excluding hydrogens is 690 g/mol. The summed E-state index contributed by atoms with van der Waals surface area (Å²) in [7, 11) is -2.75. The minimum atomic E-state index is -4.25. The third-order valence-corrected chi connectivity index (χ3v) is 10.1. The molecule has 0 heterocycles. The van der Waals surface area contributed by atoms with Gasteiger partial charge in [0.25, 0.3) is 10.0 Å². The smallest absolute Gasteiger partial charge is 0.264 e. The zero-order chi connectivity index (χ0) is 33.3. The maximum Gasteiger partial charge on any atom is 0.264 e. The van der Waals surface area contributed by atoms with E-state index in [4.69, 9.17) is 16.3 Å². The van der Waals surface area contributed by atoms with Crippen molar-refractivity contribution in [2.24, 2.45) is 0 Å². The van der Waals surface area contributed by atoms with E-state index in [0.29, 0.717) is 17.2 Å². The average Bonchev–Trinajstić information content (AvgIpc) is 3.06. The van der Waals surface area contributed by atoms with Gasteiger partial charge in [0.1, 0.15) is 18.3 Å². The lowest BCUT2D eigenvalue weighted by Gasteiger charge is -2.34. The number of nitrogens with one attached hydrogen (secondary N) is 1. The topological polar surface area (TPSA) is 96.0 Å². The minimum absolute atomic E-state index is 0.0224. The Hall–Kier alpha value is -3.86. The number of benzene rings is 4. The first-order valence-electron chi connectivity index (χ1n) is 14.8. The number of anilines is 1. The van der Waals surface area contributed by atoms with Crippen LogP contribution in [0, 0.1) is 0 Å². The molecule has 0 saturated carbocycles. The Morgan fingerprint density at radius 1 is 0.891 bits per heavy atom. The van der Waals surface area contributed by atoms with Crippen LogP contribution in [0.2, 0.25) is 5.02 Å². The highest BCUT2D eigenvalue weighted by Gasteiger charge is 2.35. The fraction of sp³-hybridized carbons (Fsp3) is 0.257. The number of carbonyl (C=O) groups excluding carboxylic acids is 2. The van der Waals surface area contributed by atoms with E-state index >= 15 is 0 Å². The van der Waals surface area contributed by atoms with Crippen LogP contribution < -0.4 is 14.4 Å². The molecule has 4 aromatic carbocycles. The molecule has 0 aliphatic rings. The first kappa shape index (κ1) is 35.0. The molecule has 0 fully saturated rings. The Labute approximate surface area is 284 Å². The Balaban J connectivity index is 1.80. The number of nitrogens with zero attached hydrogens (tertiary/aromatic N) is 2. The van der Waals surface area contributed by atoms with Crippen LogP contribution in [0.1, 0.15) is 31.4 Å². The minimum Gasteiger partial charge on any atom is -0.497 e. The molecule has 8 nitrogen and oxygen atoms in total. The number of amides is 2. The summed E-state index contributed by atoms with van der Waals surface area (Å²) >= 11 is 9.59. The molecule has 0 bridgehead atoms. The largest absolute Gasteiger partial charge is 0.497 e. The summed E-state index contributed by atoms with van der Waals surface area (Å²) in [6.45, 7) is 3.39. The van der Waals surface area contributed by atoms with Crippen LogP contribution in [0.3, 0.4) is 0 Å². The van der Waals surface area contributed by atoms with Gasteiger partial charge in [-0.25, -0.2) is 8.42 Å². The maximum absolute atomic E-state index is 14.5. The maximum atomic E-state index is 14.5. The summed E-state index contributed by atoms with van der Waals surface area (Å²) in [4.78, 5) is 29.9. The SMILES string of the molecule is CC[C@@H](C)NC(=O)[C@@H](Cc1ccccc1)N(Cc1ccc(Br)cc1)C(=O)CN(c1ccc(Cl)cc1)S(=O)(=O)c1ccc(OC)cc1. The third-order valence-electron chi connectivity index (χ3n) is 7.58. The van der Waals surface area contributed by atoms with Crippen LogP contribution >= 0.6 is 27.5 Å². The number of methoxy groups -OCH3 is 1. The lowest BCUT2D eigenvalue weighted by Crippen LogP contribution is -2.54. The van der Waals surface area contributed by atoms with E-state index in [2.05, 4.69) is 21.2 Å². The first-order valence-corrected chi connectivity index (χ1v) is 17.4.